The molecule has 0 aliphatic heterocycles. The van der Waals surface area contributed by atoms with Gasteiger partial charge >= 0.3 is 5.97 Å². The lowest BCUT2D eigenvalue weighted by Gasteiger charge is -2.06. The Bertz CT molecular complexity index is 312. The molecule has 5 heteroatoms. The molecule has 0 spiro atoms. The molecule has 4 nitrogen and oxygen atoms in total. The number of carboxylic acid groups (broad SMARTS) is 1. The minimum atomic E-state index is -1.03. The molecular weight excluding hydrogens is 202 g/mol. The van der Waals surface area contributed by atoms with Gasteiger partial charge in [0.1, 0.15) is 5.69 Å². The van der Waals surface area contributed by atoms with Crippen LogP contribution in [0, 0.1) is 0 Å². The summed E-state index contributed by atoms with van der Waals surface area (Å²) in [6, 6.07) is 3.14. The topological polar surface area (TPSA) is 70.4 Å². The first-order valence-corrected chi connectivity index (χ1v) is 4.98. The van der Waals surface area contributed by atoms with E-state index in [9.17, 15) is 4.79 Å². The molecule has 0 amide bonds. The van der Waals surface area contributed by atoms with Crippen LogP contribution in [0.2, 0.25) is 0 Å². The maximum Gasteiger partial charge on any atom is 0.354 e. The number of nitrogens with zero attached hydrogens (tertiary/aromatic N) is 1. The second-order valence-corrected chi connectivity index (χ2v) is 4.31. The molecule has 0 aromatic carbocycles. The zero-order valence-electron chi connectivity index (χ0n) is 7.67. The van der Waals surface area contributed by atoms with E-state index < -0.39 is 5.97 Å². The SMILES string of the molecule is CC(CO)Sc1ccc(C(=O)O)nc1. The predicted molar refractivity (Wildman–Crippen MR) is 53.6 cm³/mol. The number of aromatic carboxylic acids is 1. The lowest BCUT2D eigenvalue weighted by molar-refractivity contribution is 0.0690. The van der Waals surface area contributed by atoms with Crippen LogP contribution in [0.5, 0.6) is 0 Å². The van der Waals surface area contributed by atoms with Gasteiger partial charge in [0.25, 0.3) is 0 Å². The third-order valence-corrected chi connectivity index (χ3v) is 2.61. The minimum absolute atomic E-state index is 0.0333. The summed E-state index contributed by atoms with van der Waals surface area (Å²) in [7, 11) is 0. The van der Waals surface area contributed by atoms with Crippen molar-refractivity contribution in [1.29, 1.82) is 0 Å². The molecule has 2 N–H and O–H groups in total. The Morgan fingerprint density at radius 2 is 2.36 bits per heavy atom. The van der Waals surface area contributed by atoms with E-state index in [1.807, 2.05) is 6.92 Å². The van der Waals surface area contributed by atoms with Gasteiger partial charge in [-0.25, -0.2) is 9.78 Å². The minimum Gasteiger partial charge on any atom is -0.477 e. The molecule has 0 fully saturated rings. The van der Waals surface area contributed by atoms with E-state index in [4.69, 9.17) is 10.2 Å². The molecule has 1 aromatic rings. The number of hydrogen-bond donors (Lipinski definition) is 2. The third kappa shape index (κ3) is 3.01. The van der Waals surface area contributed by atoms with E-state index in [2.05, 4.69) is 4.98 Å². The summed E-state index contributed by atoms with van der Waals surface area (Å²) >= 11 is 1.46. The van der Waals surface area contributed by atoms with Gasteiger partial charge in [-0.15, -0.1) is 11.8 Å². The predicted octanol–water partition coefficient (Wildman–Crippen LogP) is 1.25. The fraction of sp³-hybridized carbons (Fsp3) is 0.333. The van der Waals surface area contributed by atoms with Gasteiger partial charge in [0.2, 0.25) is 0 Å². The van der Waals surface area contributed by atoms with Gasteiger partial charge in [-0.05, 0) is 12.1 Å². The van der Waals surface area contributed by atoms with Gasteiger partial charge in [0.15, 0.2) is 0 Å². The van der Waals surface area contributed by atoms with Crippen LogP contribution < -0.4 is 0 Å². The molecule has 1 aromatic heterocycles. The summed E-state index contributed by atoms with van der Waals surface area (Å²) in [4.78, 5) is 15.1. The Hall–Kier alpha value is -1.07. The zero-order valence-corrected chi connectivity index (χ0v) is 8.49. The standard InChI is InChI=1S/C9H11NO3S/c1-6(5-11)14-7-2-3-8(9(12)13)10-4-7/h2-4,6,11H,5H2,1H3,(H,12,13). The van der Waals surface area contributed by atoms with Crippen molar-refractivity contribution in [3.05, 3.63) is 24.0 Å². The van der Waals surface area contributed by atoms with Crippen LogP contribution in [0.1, 0.15) is 17.4 Å². The van der Waals surface area contributed by atoms with E-state index in [1.165, 1.54) is 24.0 Å². The van der Waals surface area contributed by atoms with Gasteiger partial charge in [0, 0.05) is 16.3 Å². The second kappa shape index (κ2) is 4.97. The monoisotopic (exact) mass is 213 g/mol. The van der Waals surface area contributed by atoms with E-state index in [1.54, 1.807) is 6.07 Å². The van der Waals surface area contributed by atoms with Crippen LogP contribution in [0.4, 0.5) is 0 Å². The second-order valence-electron chi connectivity index (χ2n) is 2.80. The summed E-state index contributed by atoms with van der Waals surface area (Å²) in [5.41, 5.74) is 0.0333. The van der Waals surface area contributed by atoms with Crippen molar-refractivity contribution >= 4 is 17.7 Å². The summed E-state index contributed by atoms with van der Waals surface area (Å²) in [5.74, 6) is -1.03. The summed E-state index contributed by atoms with van der Waals surface area (Å²) < 4.78 is 0. The first-order valence-electron chi connectivity index (χ1n) is 4.10. The van der Waals surface area contributed by atoms with Crippen LogP contribution in [0.15, 0.2) is 23.2 Å². The molecule has 0 aliphatic carbocycles. The number of carbonyl (C=O) groups is 1. The Morgan fingerprint density at radius 3 is 2.79 bits per heavy atom. The van der Waals surface area contributed by atoms with Crippen molar-refractivity contribution < 1.29 is 15.0 Å². The quantitative estimate of drug-likeness (QED) is 0.737. The number of aliphatic hydroxyl groups excluding tert-OH is 1. The maximum absolute atomic E-state index is 10.5. The highest BCUT2D eigenvalue weighted by atomic mass is 32.2. The van der Waals surface area contributed by atoms with Crippen molar-refractivity contribution in [2.24, 2.45) is 0 Å². The van der Waals surface area contributed by atoms with Crippen molar-refractivity contribution in [3.63, 3.8) is 0 Å². The lowest BCUT2D eigenvalue weighted by atomic mass is 10.4. The molecule has 1 atom stereocenters. The zero-order chi connectivity index (χ0) is 10.6. The maximum atomic E-state index is 10.5. The summed E-state index contributed by atoms with van der Waals surface area (Å²) in [5, 5.41) is 17.5. The number of pyridine rings is 1. The molecule has 0 saturated carbocycles. The number of aromatic nitrogens is 1. The highest BCUT2D eigenvalue weighted by Gasteiger charge is 2.06. The average Bonchev–Trinajstić information content (AvgIpc) is 2.18. The average molecular weight is 213 g/mol. The molecule has 0 bridgehead atoms. The lowest BCUT2D eigenvalue weighted by Crippen LogP contribution is -2.03. The Kier molecular flexibility index (Phi) is 3.91. The van der Waals surface area contributed by atoms with E-state index in [0.29, 0.717) is 0 Å². The number of thioether (sulfide) groups is 1. The highest BCUT2D eigenvalue weighted by Crippen LogP contribution is 2.21. The Labute approximate surface area is 86.0 Å². The molecule has 14 heavy (non-hydrogen) atoms. The number of carboxylic acids is 1. The van der Waals surface area contributed by atoms with Crippen LogP contribution >= 0.6 is 11.8 Å². The Balaban J connectivity index is 2.68. The molecule has 76 valence electrons. The number of hydrogen-bond acceptors (Lipinski definition) is 4. The number of aliphatic hydroxyl groups is 1. The molecule has 1 unspecified atom stereocenters. The van der Waals surface area contributed by atoms with Crippen LogP contribution in [0.3, 0.4) is 0 Å². The van der Waals surface area contributed by atoms with Crippen molar-refractivity contribution in [2.45, 2.75) is 17.1 Å². The van der Waals surface area contributed by atoms with Crippen LogP contribution in [-0.4, -0.2) is 33.0 Å². The van der Waals surface area contributed by atoms with Gasteiger partial charge in [-0.2, -0.15) is 0 Å². The highest BCUT2D eigenvalue weighted by molar-refractivity contribution is 8.00. The van der Waals surface area contributed by atoms with Gasteiger partial charge < -0.3 is 10.2 Å². The largest absolute Gasteiger partial charge is 0.477 e. The fourth-order valence-corrected chi connectivity index (χ4v) is 1.65. The van der Waals surface area contributed by atoms with E-state index >= 15 is 0 Å². The smallest absolute Gasteiger partial charge is 0.354 e. The van der Waals surface area contributed by atoms with Gasteiger partial charge in [0.05, 0.1) is 6.61 Å². The van der Waals surface area contributed by atoms with E-state index in [-0.39, 0.29) is 17.6 Å². The summed E-state index contributed by atoms with van der Waals surface area (Å²) in [6.45, 7) is 1.97. The van der Waals surface area contributed by atoms with Crippen molar-refractivity contribution in [3.8, 4) is 0 Å². The number of rotatable bonds is 4. The van der Waals surface area contributed by atoms with Crippen molar-refractivity contribution in [1.82, 2.24) is 4.98 Å². The molecule has 0 saturated heterocycles. The molecule has 1 heterocycles. The fourth-order valence-electron chi connectivity index (χ4n) is 0.846. The first-order chi connectivity index (χ1) is 6.63. The van der Waals surface area contributed by atoms with Crippen molar-refractivity contribution in [2.75, 3.05) is 6.61 Å². The molecule has 0 aliphatic rings. The van der Waals surface area contributed by atoms with E-state index in [0.717, 1.165) is 4.90 Å². The molecule has 0 radical (unpaired) electrons. The van der Waals surface area contributed by atoms with Gasteiger partial charge in [-0.3, -0.25) is 0 Å². The van der Waals surface area contributed by atoms with Crippen LogP contribution in [-0.2, 0) is 0 Å². The molecular formula is C9H11NO3S. The normalized spacial score (nSPS) is 12.4. The third-order valence-electron chi connectivity index (χ3n) is 1.55. The molecule has 1 rings (SSSR count). The van der Waals surface area contributed by atoms with Gasteiger partial charge in [-0.1, -0.05) is 6.92 Å². The first kappa shape index (κ1) is 11.0. The Morgan fingerprint density at radius 1 is 1.64 bits per heavy atom. The van der Waals surface area contributed by atoms with Crippen LogP contribution in [0.25, 0.3) is 0 Å². The summed E-state index contributed by atoms with van der Waals surface area (Å²) in [6.07, 6.45) is 1.50.